The van der Waals surface area contributed by atoms with Crippen molar-refractivity contribution in [1.29, 1.82) is 0 Å². The Morgan fingerprint density at radius 2 is 2.26 bits per heavy atom. The Kier molecular flexibility index (Phi) is 5.43. The fourth-order valence-electron chi connectivity index (χ4n) is 2.77. The van der Waals surface area contributed by atoms with Gasteiger partial charge >= 0.3 is 0 Å². The fraction of sp³-hybridized carbons (Fsp3) is 0.625. The number of rotatable bonds is 6. The first kappa shape index (κ1) is 15.0. The summed E-state index contributed by atoms with van der Waals surface area (Å²) < 4.78 is 1.27. The normalized spacial score (nSPS) is 19.7. The molecule has 1 aromatic carbocycles. The minimum Gasteiger partial charge on any atom is -0.309 e. The first-order valence-electron chi connectivity index (χ1n) is 7.34. The minimum atomic E-state index is 0.540. The van der Waals surface area contributed by atoms with Gasteiger partial charge in [-0.3, -0.25) is 0 Å². The second kappa shape index (κ2) is 6.87. The summed E-state index contributed by atoms with van der Waals surface area (Å²) in [6.07, 6.45) is 3.64. The number of nitrogens with zero attached hydrogens (tertiary/aromatic N) is 1. The molecule has 106 valence electrons. The van der Waals surface area contributed by atoms with Crippen LogP contribution in [0.15, 0.2) is 22.7 Å². The Morgan fingerprint density at radius 1 is 1.47 bits per heavy atom. The molecule has 0 radical (unpaired) electrons. The monoisotopic (exact) mass is 324 g/mol. The zero-order chi connectivity index (χ0) is 13.8. The van der Waals surface area contributed by atoms with Gasteiger partial charge in [-0.15, -0.1) is 0 Å². The predicted molar refractivity (Wildman–Crippen MR) is 85.6 cm³/mol. The summed E-state index contributed by atoms with van der Waals surface area (Å²) in [5.41, 5.74) is 2.98. The van der Waals surface area contributed by atoms with Crippen LogP contribution in [0.25, 0.3) is 0 Å². The molecule has 0 spiro atoms. The molecule has 0 amide bonds. The Morgan fingerprint density at radius 3 is 3.00 bits per heavy atom. The summed E-state index contributed by atoms with van der Waals surface area (Å²) in [7, 11) is 2.22. The number of fused-ring (bicyclic) bond motifs is 1. The summed E-state index contributed by atoms with van der Waals surface area (Å²) in [4.78, 5) is 2.43. The van der Waals surface area contributed by atoms with Crippen molar-refractivity contribution in [2.24, 2.45) is 0 Å². The van der Waals surface area contributed by atoms with Crippen LogP contribution in [-0.4, -0.2) is 31.1 Å². The van der Waals surface area contributed by atoms with E-state index in [1.165, 1.54) is 34.9 Å². The molecule has 0 aliphatic heterocycles. The molecule has 1 aliphatic carbocycles. The molecule has 1 aliphatic rings. The Hall–Kier alpha value is -0.380. The van der Waals surface area contributed by atoms with Crippen LogP contribution >= 0.6 is 15.9 Å². The summed E-state index contributed by atoms with van der Waals surface area (Å²) in [5, 5.41) is 3.71. The quantitative estimate of drug-likeness (QED) is 0.857. The van der Waals surface area contributed by atoms with Crippen molar-refractivity contribution in [1.82, 2.24) is 10.2 Å². The first-order chi connectivity index (χ1) is 9.13. The van der Waals surface area contributed by atoms with Crippen molar-refractivity contribution in [2.45, 2.75) is 45.2 Å². The lowest BCUT2D eigenvalue weighted by Crippen LogP contribution is -2.35. The number of nitrogens with one attached hydrogen (secondary N) is 1. The topological polar surface area (TPSA) is 15.3 Å². The molecule has 2 nitrogen and oxygen atoms in total. The molecule has 0 saturated carbocycles. The van der Waals surface area contributed by atoms with Gasteiger partial charge in [0.1, 0.15) is 0 Å². The Balaban J connectivity index is 1.85. The van der Waals surface area contributed by atoms with Crippen molar-refractivity contribution in [2.75, 3.05) is 20.1 Å². The van der Waals surface area contributed by atoms with Crippen LogP contribution in [0.5, 0.6) is 0 Å². The average Bonchev–Trinajstić information content (AvgIpc) is 2.82. The van der Waals surface area contributed by atoms with Crippen LogP contribution < -0.4 is 5.32 Å². The second-order valence-corrected chi connectivity index (χ2v) is 6.45. The highest BCUT2D eigenvalue weighted by Crippen LogP contribution is 2.35. The number of halogens is 1. The third-order valence-electron chi connectivity index (χ3n) is 4.41. The molecule has 0 saturated heterocycles. The van der Waals surface area contributed by atoms with Gasteiger partial charge < -0.3 is 10.2 Å². The summed E-state index contributed by atoms with van der Waals surface area (Å²) in [6.45, 7) is 6.73. The zero-order valence-corrected chi connectivity index (χ0v) is 13.8. The van der Waals surface area contributed by atoms with Crippen LogP contribution in [-0.2, 0) is 6.42 Å². The molecule has 19 heavy (non-hydrogen) atoms. The van der Waals surface area contributed by atoms with Crippen LogP contribution in [0.3, 0.4) is 0 Å². The van der Waals surface area contributed by atoms with Gasteiger partial charge in [0.2, 0.25) is 0 Å². The van der Waals surface area contributed by atoms with Gasteiger partial charge in [-0.05, 0) is 50.4 Å². The maximum atomic E-state index is 3.71. The van der Waals surface area contributed by atoms with Crippen molar-refractivity contribution in [3.63, 3.8) is 0 Å². The van der Waals surface area contributed by atoms with E-state index < -0.39 is 0 Å². The number of likely N-dealkylation sites (N-methyl/N-ethyl adjacent to an activating group) is 1. The lowest BCUT2D eigenvalue weighted by molar-refractivity contribution is 0.248. The maximum Gasteiger partial charge on any atom is 0.0327 e. The highest BCUT2D eigenvalue weighted by atomic mass is 79.9. The largest absolute Gasteiger partial charge is 0.309 e. The van der Waals surface area contributed by atoms with E-state index >= 15 is 0 Å². The molecular formula is C16H25BrN2. The van der Waals surface area contributed by atoms with Crippen molar-refractivity contribution < 1.29 is 0 Å². The maximum absolute atomic E-state index is 3.71. The number of benzene rings is 1. The van der Waals surface area contributed by atoms with Crippen molar-refractivity contribution >= 4 is 15.9 Å². The van der Waals surface area contributed by atoms with Crippen LogP contribution in [0.2, 0.25) is 0 Å². The smallest absolute Gasteiger partial charge is 0.0327 e. The van der Waals surface area contributed by atoms with E-state index in [1.807, 2.05) is 0 Å². The predicted octanol–water partition coefficient (Wildman–Crippen LogP) is 3.76. The lowest BCUT2D eigenvalue weighted by atomic mass is 10.1. The SMILES string of the molecule is CCC(C)N(C)CCNC1CCc2c(Br)cccc21. The Labute approximate surface area is 125 Å². The van der Waals surface area contributed by atoms with E-state index in [0.717, 1.165) is 13.1 Å². The third-order valence-corrected chi connectivity index (χ3v) is 5.15. The molecule has 2 rings (SSSR count). The van der Waals surface area contributed by atoms with E-state index in [1.54, 1.807) is 0 Å². The fourth-order valence-corrected chi connectivity index (χ4v) is 3.35. The molecule has 0 fully saturated rings. The highest BCUT2D eigenvalue weighted by molar-refractivity contribution is 9.10. The van der Waals surface area contributed by atoms with E-state index in [4.69, 9.17) is 0 Å². The van der Waals surface area contributed by atoms with Crippen LogP contribution in [0.4, 0.5) is 0 Å². The molecule has 1 aromatic rings. The molecule has 3 heteroatoms. The van der Waals surface area contributed by atoms with Crippen LogP contribution in [0, 0.1) is 0 Å². The van der Waals surface area contributed by atoms with E-state index in [2.05, 4.69) is 65.2 Å². The molecule has 2 atom stereocenters. The standard InChI is InChI=1S/C16H25BrN2/c1-4-12(2)19(3)11-10-18-16-9-8-13-14(16)6-5-7-15(13)17/h5-7,12,16,18H,4,8-11H2,1-3H3. The van der Waals surface area contributed by atoms with Gasteiger partial charge in [-0.25, -0.2) is 0 Å². The lowest BCUT2D eigenvalue weighted by Gasteiger charge is -2.24. The minimum absolute atomic E-state index is 0.540. The van der Waals surface area contributed by atoms with Gasteiger partial charge in [0.25, 0.3) is 0 Å². The van der Waals surface area contributed by atoms with Gasteiger partial charge in [0.05, 0.1) is 0 Å². The van der Waals surface area contributed by atoms with Gasteiger partial charge in [0.15, 0.2) is 0 Å². The van der Waals surface area contributed by atoms with Gasteiger partial charge in [-0.1, -0.05) is 35.0 Å². The summed E-state index contributed by atoms with van der Waals surface area (Å²) >= 11 is 3.66. The molecule has 2 unspecified atom stereocenters. The van der Waals surface area contributed by atoms with Crippen molar-refractivity contribution in [3.8, 4) is 0 Å². The first-order valence-corrected chi connectivity index (χ1v) is 8.13. The van der Waals surface area contributed by atoms with E-state index in [0.29, 0.717) is 12.1 Å². The Bertz CT molecular complexity index is 419. The van der Waals surface area contributed by atoms with Crippen LogP contribution in [0.1, 0.15) is 43.9 Å². The molecule has 0 aromatic heterocycles. The number of hydrogen-bond donors (Lipinski definition) is 1. The van der Waals surface area contributed by atoms with E-state index in [-0.39, 0.29) is 0 Å². The second-order valence-electron chi connectivity index (χ2n) is 5.59. The molecule has 0 heterocycles. The summed E-state index contributed by atoms with van der Waals surface area (Å²) in [6, 6.07) is 7.78. The number of hydrogen-bond acceptors (Lipinski definition) is 2. The van der Waals surface area contributed by atoms with Gasteiger partial charge in [0, 0.05) is 29.6 Å². The zero-order valence-electron chi connectivity index (χ0n) is 12.2. The highest BCUT2D eigenvalue weighted by Gasteiger charge is 2.23. The summed E-state index contributed by atoms with van der Waals surface area (Å²) in [5.74, 6) is 0. The van der Waals surface area contributed by atoms with Gasteiger partial charge in [-0.2, -0.15) is 0 Å². The van der Waals surface area contributed by atoms with E-state index in [9.17, 15) is 0 Å². The van der Waals surface area contributed by atoms with Crippen molar-refractivity contribution in [3.05, 3.63) is 33.8 Å². The molecule has 0 bridgehead atoms. The molecular weight excluding hydrogens is 300 g/mol. The average molecular weight is 325 g/mol. The third kappa shape index (κ3) is 3.59. The molecule has 1 N–H and O–H groups in total.